The van der Waals surface area contributed by atoms with Gasteiger partial charge >= 0.3 is 0 Å². The highest BCUT2D eigenvalue weighted by molar-refractivity contribution is 9.11. The summed E-state index contributed by atoms with van der Waals surface area (Å²) in [6, 6.07) is 2.02. The van der Waals surface area contributed by atoms with Crippen LogP contribution in [0.5, 0.6) is 0 Å². The fourth-order valence-electron chi connectivity index (χ4n) is 0.729. The van der Waals surface area contributed by atoms with Gasteiger partial charge < -0.3 is 4.90 Å². The molecule has 0 bridgehead atoms. The SMILES string of the molecule is Br.CN(C)C=Nc1sc(Br)c(Cl)c1C#N. The number of hydrogen-bond acceptors (Lipinski definition) is 3. The van der Waals surface area contributed by atoms with E-state index in [4.69, 9.17) is 16.9 Å². The van der Waals surface area contributed by atoms with E-state index in [0.29, 0.717) is 15.6 Å². The Morgan fingerprint density at radius 3 is 2.67 bits per heavy atom. The molecule has 1 aromatic rings. The van der Waals surface area contributed by atoms with Crippen LogP contribution in [0.2, 0.25) is 5.02 Å². The molecule has 0 fully saturated rings. The highest BCUT2D eigenvalue weighted by atomic mass is 79.9. The number of halogens is 3. The van der Waals surface area contributed by atoms with Crippen LogP contribution >= 0.6 is 55.8 Å². The van der Waals surface area contributed by atoms with Crippen LogP contribution in [0.4, 0.5) is 5.00 Å². The van der Waals surface area contributed by atoms with Crippen molar-refractivity contribution in [1.29, 1.82) is 5.26 Å². The summed E-state index contributed by atoms with van der Waals surface area (Å²) in [7, 11) is 3.72. The number of nitrogens with zero attached hydrogens (tertiary/aromatic N) is 3. The molecule has 1 heterocycles. The molecule has 0 radical (unpaired) electrons. The molecule has 0 aliphatic carbocycles. The molecule has 0 saturated carbocycles. The van der Waals surface area contributed by atoms with Crippen LogP contribution in [0, 0.1) is 11.3 Å². The van der Waals surface area contributed by atoms with E-state index in [0.717, 1.165) is 3.79 Å². The van der Waals surface area contributed by atoms with Crippen LogP contribution in [0.1, 0.15) is 5.56 Å². The van der Waals surface area contributed by atoms with Crippen LogP contribution in [0.25, 0.3) is 0 Å². The molecule has 82 valence electrons. The van der Waals surface area contributed by atoms with Crippen LogP contribution in [-0.4, -0.2) is 25.3 Å². The molecule has 0 aliphatic heterocycles. The van der Waals surface area contributed by atoms with Crippen LogP contribution in [0.15, 0.2) is 8.78 Å². The Bertz CT molecular complexity index is 409. The first-order valence-electron chi connectivity index (χ1n) is 3.64. The van der Waals surface area contributed by atoms with Gasteiger partial charge in [0.25, 0.3) is 0 Å². The third kappa shape index (κ3) is 3.76. The lowest BCUT2D eigenvalue weighted by atomic mass is 10.3. The summed E-state index contributed by atoms with van der Waals surface area (Å²) in [6.07, 6.45) is 1.63. The van der Waals surface area contributed by atoms with Gasteiger partial charge in [-0.1, -0.05) is 11.6 Å². The van der Waals surface area contributed by atoms with Gasteiger partial charge in [0.05, 0.1) is 15.1 Å². The summed E-state index contributed by atoms with van der Waals surface area (Å²) >= 11 is 10.5. The average molecular weight is 374 g/mol. The Morgan fingerprint density at radius 2 is 2.20 bits per heavy atom. The largest absolute Gasteiger partial charge is 0.369 e. The van der Waals surface area contributed by atoms with Gasteiger partial charge in [-0.05, 0) is 15.9 Å². The van der Waals surface area contributed by atoms with Crippen LogP contribution < -0.4 is 0 Å². The van der Waals surface area contributed by atoms with Crippen LogP contribution in [-0.2, 0) is 0 Å². The highest BCUT2D eigenvalue weighted by Crippen LogP contribution is 2.41. The Kier molecular flexibility index (Phi) is 6.44. The average Bonchev–Trinajstić information content (AvgIpc) is 2.39. The van der Waals surface area contributed by atoms with E-state index < -0.39 is 0 Å². The second-order valence-electron chi connectivity index (χ2n) is 2.69. The summed E-state index contributed by atoms with van der Waals surface area (Å²) in [5, 5.41) is 9.90. The lowest BCUT2D eigenvalue weighted by molar-refractivity contribution is 0.643. The molecular weight excluding hydrogens is 365 g/mol. The lowest BCUT2D eigenvalue weighted by Gasteiger charge is -2.00. The fourth-order valence-corrected chi connectivity index (χ4v) is 2.40. The monoisotopic (exact) mass is 371 g/mol. The number of thiophene rings is 1. The van der Waals surface area contributed by atoms with Crippen molar-refractivity contribution in [2.75, 3.05) is 14.1 Å². The van der Waals surface area contributed by atoms with Crippen LogP contribution in [0.3, 0.4) is 0 Å². The molecule has 0 N–H and O–H groups in total. The van der Waals surface area contributed by atoms with Crippen molar-refractivity contribution < 1.29 is 0 Å². The number of rotatable bonds is 2. The number of hydrogen-bond donors (Lipinski definition) is 0. The zero-order chi connectivity index (χ0) is 10.7. The number of aliphatic imine (C=N–C) groups is 1. The van der Waals surface area contributed by atoms with Gasteiger partial charge in [-0.2, -0.15) is 5.26 Å². The Morgan fingerprint density at radius 1 is 1.60 bits per heavy atom. The first-order valence-corrected chi connectivity index (χ1v) is 5.63. The van der Waals surface area contributed by atoms with E-state index in [1.54, 1.807) is 11.2 Å². The Labute approximate surface area is 116 Å². The van der Waals surface area contributed by atoms with Crippen molar-refractivity contribution in [1.82, 2.24) is 4.90 Å². The molecule has 0 saturated heterocycles. The maximum absolute atomic E-state index is 8.84. The third-order valence-electron chi connectivity index (χ3n) is 1.31. The zero-order valence-corrected chi connectivity index (χ0v) is 12.9. The van der Waals surface area contributed by atoms with E-state index in [9.17, 15) is 0 Å². The van der Waals surface area contributed by atoms with Gasteiger partial charge in [0.15, 0.2) is 0 Å². The summed E-state index contributed by atoms with van der Waals surface area (Å²) in [5.41, 5.74) is 0.418. The van der Waals surface area contributed by atoms with Crippen molar-refractivity contribution in [3.63, 3.8) is 0 Å². The molecule has 0 aliphatic rings. The molecule has 1 aromatic heterocycles. The van der Waals surface area contributed by atoms with Gasteiger partial charge in [-0.25, -0.2) is 4.99 Å². The maximum Gasteiger partial charge on any atom is 0.138 e. The quantitative estimate of drug-likeness (QED) is 0.584. The predicted molar refractivity (Wildman–Crippen MR) is 73.9 cm³/mol. The standard InChI is InChI=1S/C8H7BrClN3S.BrH/c1-13(2)4-12-8-5(3-11)6(10)7(9)14-8;/h4H,1-2H3;1H. The summed E-state index contributed by atoms with van der Waals surface area (Å²) in [4.78, 5) is 5.94. The lowest BCUT2D eigenvalue weighted by Crippen LogP contribution is -2.06. The van der Waals surface area contributed by atoms with Crippen molar-refractivity contribution in [2.45, 2.75) is 0 Å². The van der Waals surface area contributed by atoms with Crippen molar-refractivity contribution in [3.8, 4) is 6.07 Å². The highest BCUT2D eigenvalue weighted by Gasteiger charge is 2.13. The smallest absolute Gasteiger partial charge is 0.138 e. The summed E-state index contributed by atoms with van der Waals surface area (Å²) < 4.78 is 0.738. The van der Waals surface area contributed by atoms with Crippen molar-refractivity contribution in [3.05, 3.63) is 14.4 Å². The topological polar surface area (TPSA) is 39.4 Å². The molecule has 0 atom stereocenters. The molecule has 15 heavy (non-hydrogen) atoms. The fraction of sp³-hybridized carbons (Fsp3) is 0.250. The third-order valence-corrected chi connectivity index (χ3v) is 3.80. The number of nitriles is 1. The Hall–Kier alpha value is -0.0900. The first kappa shape index (κ1) is 14.9. The predicted octanol–water partition coefficient (Wildman–Crippen LogP) is 3.83. The van der Waals surface area contributed by atoms with E-state index in [2.05, 4.69) is 20.9 Å². The van der Waals surface area contributed by atoms with Gasteiger partial charge in [-0.15, -0.1) is 28.3 Å². The molecule has 1 rings (SSSR count). The molecular formula is C8H8Br2ClN3S. The summed E-state index contributed by atoms with van der Waals surface area (Å²) in [6.45, 7) is 0. The normalized spacial score (nSPS) is 9.80. The Balaban J connectivity index is 0.00000196. The zero-order valence-electron chi connectivity index (χ0n) is 7.99. The van der Waals surface area contributed by atoms with E-state index in [-0.39, 0.29) is 17.0 Å². The minimum Gasteiger partial charge on any atom is -0.369 e. The van der Waals surface area contributed by atoms with Gasteiger partial charge in [0.1, 0.15) is 16.6 Å². The van der Waals surface area contributed by atoms with E-state index in [1.165, 1.54) is 11.3 Å². The molecule has 0 unspecified atom stereocenters. The molecule has 7 heteroatoms. The van der Waals surface area contributed by atoms with Gasteiger partial charge in [0.2, 0.25) is 0 Å². The second kappa shape index (κ2) is 6.48. The minimum absolute atomic E-state index is 0. The molecule has 0 aromatic carbocycles. The maximum atomic E-state index is 8.84. The minimum atomic E-state index is 0. The van der Waals surface area contributed by atoms with E-state index in [1.807, 2.05) is 20.2 Å². The first-order chi connectivity index (χ1) is 6.56. The second-order valence-corrected chi connectivity index (χ2v) is 5.38. The summed E-state index contributed by atoms with van der Waals surface area (Å²) in [5.74, 6) is 0. The van der Waals surface area contributed by atoms with Crippen molar-refractivity contribution in [2.24, 2.45) is 4.99 Å². The van der Waals surface area contributed by atoms with Gasteiger partial charge in [-0.3, -0.25) is 0 Å². The van der Waals surface area contributed by atoms with Crippen molar-refractivity contribution >= 4 is 67.2 Å². The molecule has 0 spiro atoms. The molecule has 3 nitrogen and oxygen atoms in total. The van der Waals surface area contributed by atoms with Gasteiger partial charge in [0, 0.05) is 14.1 Å². The molecule has 0 amide bonds. The van der Waals surface area contributed by atoms with E-state index >= 15 is 0 Å².